The molecule has 0 aromatic rings. The van der Waals surface area contributed by atoms with Gasteiger partial charge >= 0.3 is 0 Å². The first-order valence-corrected chi connectivity index (χ1v) is 7.38. The first-order valence-electron chi connectivity index (χ1n) is 7.38. The minimum absolute atomic E-state index is 0.736. The van der Waals surface area contributed by atoms with E-state index in [1.807, 2.05) is 0 Å². The Bertz CT molecular complexity index is 204. The van der Waals surface area contributed by atoms with Gasteiger partial charge in [-0.15, -0.1) is 6.42 Å². The molecule has 0 fully saturated rings. The van der Waals surface area contributed by atoms with E-state index in [0.717, 1.165) is 25.7 Å². The molecule has 0 heterocycles. The van der Waals surface area contributed by atoms with Crippen molar-refractivity contribution >= 4 is 0 Å². The smallest absolute Gasteiger partial charge is 0.125 e. The maximum absolute atomic E-state index is 10.1. The predicted octanol–water partition coefficient (Wildman–Crippen LogP) is 4.68. The second-order valence-electron chi connectivity index (χ2n) is 5.15. The van der Waals surface area contributed by atoms with E-state index in [-0.39, 0.29) is 0 Å². The van der Waals surface area contributed by atoms with Crippen LogP contribution in [0.2, 0.25) is 0 Å². The number of unbranched alkanes of at least 4 members (excludes halogenated alkanes) is 7. The third-order valence-corrected chi connectivity index (χ3v) is 3.38. The Hall–Kier alpha value is -0.480. The van der Waals surface area contributed by atoms with Crippen molar-refractivity contribution in [3.63, 3.8) is 0 Å². The Balaban J connectivity index is 3.41. The topological polar surface area (TPSA) is 20.2 Å². The van der Waals surface area contributed by atoms with Crippen LogP contribution >= 0.6 is 0 Å². The minimum Gasteiger partial charge on any atom is -0.378 e. The lowest BCUT2D eigenvalue weighted by Crippen LogP contribution is -2.25. The van der Waals surface area contributed by atoms with Crippen LogP contribution in [-0.4, -0.2) is 10.7 Å². The van der Waals surface area contributed by atoms with E-state index >= 15 is 0 Å². The van der Waals surface area contributed by atoms with Crippen molar-refractivity contribution in [3.05, 3.63) is 0 Å². The highest BCUT2D eigenvalue weighted by molar-refractivity contribution is 5.06. The lowest BCUT2D eigenvalue weighted by Gasteiger charge is -2.21. The molecule has 1 heteroatoms. The molecule has 100 valence electrons. The van der Waals surface area contributed by atoms with Gasteiger partial charge < -0.3 is 5.11 Å². The summed E-state index contributed by atoms with van der Waals surface area (Å²) in [7, 11) is 0. The van der Waals surface area contributed by atoms with Crippen LogP contribution in [-0.2, 0) is 0 Å². The third-order valence-electron chi connectivity index (χ3n) is 3.38. The molecule has 0 aromatic carbocycles. The number of aliphatic hydroxyl groups is 1. The van der Waals surface area contributed by atoms with Gasteiger partial charge in [0.25, 0.3) is 0 Å². The summed E-state index contributed by atoms with van der Waals surface area (Å²) in [5.41, 5.74) is -0.836. The summed E-state index contributed by atoms with van der Waals surface area (Å²) in [6.07, 6.45) is 18.2. The normalized spacial score (nSPS) is 14.2. The maximum Gasteiger partial charge on any atom is 0.125 e. The SMILES string of the molecule is C#CC(O)(CCC)CCCCCCCCCC. The van der Waals surface area contributed by atoms with E-state index in [4.69, 9.17) is 6.42 Å². The zero-order valence-electron chi connectivity index (χ0n) is 11.8. The van der Waals surface area contributed by atoms with Crippen molar-refractivity contribution in [2.75, 3.05) is 0 Å². The van der Waals surface area contributed by atoms with Gasteiger partial charge in [0.2, 0.25) is 0 Å². The van der Waals surface area contributed by atoms with Gasteiger partial charge in [-0.2, -0.15) is 0 Å². The van der Waals surface area contributed by atoms with Crippen LogP contribution in [0, 0.1) is 12.3 Å². The average Bonchev–Trinajstić information content (AvgIpc) is 2.33. The van der Waals surface area contributed by atoms with Crippen LogP contribution in [0.25, 0.3) is 0 Å². The van der Waals surface area contributed by atoms with Crippen LogP contribution in [0.15, 0.2) is 0 Å². The van der Waals surface area contributed by atoms with Crippen molar-refractivity contribution < 1.29 is 5.11 Å². The largest absolute Gasteiger partial charge is 0.378 e. The monoisotopic (exact) mass is 238 g/mol. The van der Waals surface area contributed by atoms with E-state index in [2.05, 4.69) is 19.8 Å². The second-order valence-corrected chi connectivity index (χ2v) is 5.15. The van der Waals surface area contributed by atoms with Gasteiger partial charge in [-0.1, -0.05) is 71.1 Å². The molecule has 0 radical (unpaired) electrons. The van der Waals surface area contributed by atoms with Crippen molar-refractivity contribution in [1.82, 2.24) is 0 Å². The fourth-order valence-electron chi connectivity index (χ4n) is 2.23. The average molecular weight is 238 g/mol. The lowest BCUT2D eigenvalue weighted by molar-refractivity contribution is 0.0786. The van der Waals surface area contributed by atoms with Gasteiger partial charge in [-0.3, -0.25) is 0 Å². The van der Waals surface area contributed by atoms with Crippen molar-refractivity contribution in [1.29, 1.82) is 0 Å². The number of hydrogen-bond acceptors (Lipinski definition) is 1. The quantitative estimate of drug-likeness (QED) is 0.409. The van der Waals surface area contributed by atoms with E-state index in [9.17, 15) is 5.11 Å². The third kappa shape index (κ3) is 9.24. The van der Waals surface area contributed by atoms with E-state index < -0.39 is 5.60 Å². The Morgan fingerprint density at radius 1 is 0.824 bits per heavy atom. The van der Waals surface area contributed by atoms with Crippen LogP contribution in [0.1, 0.15) is 84.5 Å². The molecule has 0 saturated heterocycles. The molecule has 1 atom stereocenters. The molecule has 17 heavy (non-hydrogen) atoms. The van der Waals surface area contributed by atoms with E-state index in [0.29, 0.717) is 0 Å². The van der Waals surface area contributed by atoms with E-state index in [1.165, 1.54) is 44.9 Å². The maximum atomic E-state index is 10.1. The summed E-state index contributed by atoms with van der Waals surface area (Å²) in [5, 5.41) is 10.1. The Kier molecular flexibility index (Phi) is 10.4. The summed E-state index contributed by atoms with van der Waals surface area (Å²) in [6, 6.07) is 0. The zero-order chi connectivity index (χ0) is 13.0. The summed E-state index contributed by atoms with van der Waals surface area (Å²) in [6.45, 7) is 4.31. The predicted molar refractivity (Wildman–Crippen MR) is 75.9 cm³/mol. The van der Waals surface area contributed by atoms with Crippen LogP contribution < -0.4 is 0 Å². The molecular formula is C16H30O. The summed E-state index contributed by atoms with van der Waals surface area (Å²) < 4.78 is 0. The summed E-state index contributed by atoms with van der Waals surface area (Å²) in [5.74, 6) is 2.55. The zero-order valence-corrected chi connectivity index (χ0v) is 11.8. The van der Waals surface area contributed by atoms with Crippen LogP contribution in [0.3, 0.4) is 0 Å². The molecule has 0 aliphatic rings. The van der Waals surface area contributed by atoms with Gasteiger partial charge in [0.15, 0.2) is 0 Å². The van der Waals surface area contributed by atoms with Crippen molar-refractivity contribution in [2.45, 2.75) is 90.1 Å². The number of terminal acetylenes is 1. The van der Waals surface area contributed by atoms with E-state index in [1.54, 1.807) is 0 Å². The summed E-state index contributed by atoms with van der Waals surface area (Å²) >= 11 is 0. The Morgan fingerprint density at radius 2 is 1.35 bits per heavy atom. The molecule has 0 saturated carbocycles. The fraction of sp³-hybridized carbons (Fsp3) is 0.875. The number of rotatable bonds is 11. The molecule has 1 nitrogen and oxygen atoms in total. The van der Waals surface area contributed by atoms with Gasteiger partial charge in [-0.25, -0.2) is 0 Å². The van der Waals surface area contributed by atoms with Gasteiger partial charge in [0.1, 0.15) is 5.60 Å². The molecule has 0 spiro atoms. The standard InChI is InChI=1S/C16H30O/c1-4-7-8-9-10-11-12-13-15-16(17,6-3)14-5-2/h3,17H,4-5,7-15H2,1-2H3. The lowest BCUT2D eigenvalue weighted by atomic mass is 9.92. The molecule has 0 aliphatic heterocycles. The molecule has 1 N–H and O–H groups in total. The van der Waals surface area contributed by atoms with Gasteiger partial charge in [0.05, 0.1) is 0 Å². The highest BCUT2D eigenvalue weighted by Gasteiger charge is 2.21. The first kappa shape index (κ1) is 16.5. The van der Waals surface area contributed by atoms with Crippen LogP contribution in [0.5, 0.6) is 0 Å². The van der Waals surface area contributed by atoms with Gasteiger partial charge in [-0.05, 0) is 19.3 Å². The Labute approximate surface area is 108 Å². The molecular weight excluding hydrogens is 208 g/mol. The minimum atomic E-state index is -0.836. The molecule has 0 bridgehead atoms. The molecule has 0 aromatic heterocycles. The molecule has 0 aliphatic carbocycles. The first-order chi connectivity index (χ1) is 8.18. The van der Waals surface area contributed by atoms with Crippen molar-refractivity contribution in [3.8, 4) is 12.3 Å². The van der Waals surface area contributed by atoms with Crippen LogP contribution in [0.4, 0.5) is 0 Å². The Morgan fingerprint density at radius 3 is 1.82 bits per heavy atom. The highest BCUT2D eigenvalue weighted by atomic mass is 16.3. The highest BCUT2D eigenvalue weighted by Crippen LogP contribution is 2.20. The second kappa shape index (κ2) is 10.7. The molecule has 0 amide bonds. The number of hydrogen-bond donors (Lipinski definition) is 1. The molecule has 0 rings (SSSR count). The van der Waals surface area contributed by atoms with Crippen molar-refractivity contribution in [2.24, 2.45) is 0 Å². The summed E-state index contributed by atoms with van der Waals surface area (Å²) in [4.78, 5) is 0. The van der Waals surface area contributed by atoms with Gasteiger partial charge in [0, 0.05) is 0 Å². The molecule has 1 unspecified atom stereocenters. The fourth-order valence-corrected chi connectivity index (χ4v) is 2.23.